The van der Waals surface area contributed by atoms with Crippen LogP contribution in [0.1, 0.15) is 36.0 Å². The molecule has 35 heavy (non-hydrogen) atoms. The second kappa shape index (κ2) is 13.2. The van der Waals surface area contributed by atoms with Gasteiger partial charge in [-0.05, 0) is 87.4 Å². The smallest absolute Gasteiger partial charge is 0.207 e. The minimum atomic E-state index is 0.564. The van der Waals surface area contributed by atoms with Gasteiger partial charge < -0.3 is 15.1 Å². The van der Waals surface area contributed by atoms with Crippen LogP contribution in [0.2, 0.25) is 0 Å². The Labute approximate surface area is 211 Å². The van der Waals surface area contributed by atoms with Crippen LogP contribution in [0.15, 0.2) is 48.1 Å². The lowest BCUT2D eigenvalue weighted by atomic mass is 9.95. The van der Waals surface area contributed by atoms with E-state index >= 15 is 0 Å². The Morgan fingerprint density at radius 3 is 2.29 bits per heavy atom. The molecular formula is C29H43N5O. The van der Waals surface area contributed by atoms with Gasteiger partial charge in [0.25, 0.3) is 0 Å². The highest BCUT2D eigenvalue weighted by Crippen LogP contribution is 2.27. The van der Waals surface area contributed by atoms with E-state index in [1.54, 1.807) is 0 Å². The van der Waals surface area contributed by atoms with Crippen molar-refractivity contribution < 1.29 is 4.79 Å². The zero-order valence-corrected chi connectivity index (χ0v) is 21.7. The van der Waals surface area contributed by atoms with E-state index in [0.717, 1.165) is 58.6 Å². The Kier molecular flexibility index (Phi) is 9.72. The van der Waals surface area contributed by atoms with Crippen LogP contribution in [-0.4, -0.2) is 99.0 Å². The maximum absolute atomic E-state index is 11.1. The van der Waals surface area contributed by atoms with Crippen LogP contribution < -0.4 is 5.32 Å². The summed E-state index contributed by atoms with van der Waals surface area (Å²) in [6, 6.07) is 6.85. The van der Waals surface area contributed by atoms with Gasteiger partial charge in [0.1, 0.15) is 0 Å². The largest absolute Gasteiger partial charge is 0.355 e. The average Bonchev–Trinajstić information content (AvgIpc) is 3.30. The van der Waals surface area contributed by atoms with Crippen LogP contribution in [0.3, 0.4) is 0 Å². The highest BCUT2D eigenvalue weighted by atomic mass is 16.1. The van der Waals surface area contributed by atoms with E-state index < -0.39 is 0 Å². The van der Waals surface area contributed by atoms with Gasteiger partial charge >= 0.3 is 0 Å². The predicted molar refractivity (Wildman–Crippen MR) is 145 cm³/mol. The number of amides is 1. The Morgan fingerprint density at radius 1 is 0.857 bits per heavy atom. The molecule has 0 saturated carbocycles. The highest BCUT2D eigenvalue weighted by Gasteiger charge is 2.16. The fourth-order valence-electron chi connectivity index (χ4n) is 5.36. The second-order valence-electron chi connectivity index (χ2n) is 10.4. The molecule has 0 unspecified atom stereocenters. The summed E-state index contributed by atoms with van der Waals surface area (Å²) in [6.45, 7) is 11.7. The van der Waals surface area contributed by atoms with Crippen LogP contribution in [0.25, 0.3) is 5.57 Å². The molecule has 6 nitrogen and oxygen atoms in total. The Morgan fingerprint density at radius 2 is 1.57 bits per heavy atom. The van der Waals surface area contributed by atoms with Crippen LogP contribution in [0.5, 0.6) is 0 Å². The van der Waals surface area contributed by atoms with Gasteiger partial charge in [0.05, 0.1) is 0 Å². The molecule has 4 rings (SSSR count). The molecule has 190 valence electrons. The number of likely N-dealkylation sites (N-methyl/N-ethyl adjacent to an activating group) is 2. The van der Waals surface area contributed by atoms with Crippen molar-refractivity contribution in [3.63, 3.8) is 0 Å². The molecule has 2 aliphatic heterocycles. The summed E-state index contributed by atoms with van der Waals surface area (Å²) in [7, 11) is 4.43. The van der Waals surface area contributed by atoms with Crippen molar-refractivity contribution in [2.24, 2.45) is 0 Å². The van der Waals surface area contributed by atoms with Crippen LogP contribution in [0, 0.1) is 0 Å². The zero-order valence-electron chi connectivity index (χ0n) is 21.7. The van der Waals surface area contributed by atoms with Crippen LogP contribution in [0.4, 0.5) is 0 Å². The summed E-state index contributed by atoms with van der Waals surface area (Å²) in [5, 5.41) is 2.91. The van der Waals surface area contributed by atoms with E-state index in [1.807, 2.05) is 0 Å². The molecule has 1 aliphatic carbocycles. The molecule has 6 heteroatoms. The Bertz CT molecular complexity index is 937. The maximum Gasteiger partial charge on any atom is 0.207 e. The van der Waals surface area contributed by atoms with Crippen molar-refractivity contribution in [1.29, 1.82) is 0 Å². The van der Waals surface area contributed by atoms with Gasteiger partial charge in [0.2, 0.25) is 6.41 Å². The van der Waals surface area contributed by atoms with Gasteiger partial charge in [-0.3, -0.25) is 14.6 Å². The van der Waals surface area contributed by atoms with Gasteiger partial charge in [-0.1, -0.05) is 42.5 Å². The molecule has 2 fully saturated rings. The van der Waals surface area contributed by atoms with Crippen molar-refractivity contribution in [1.82, 2.24) is 24.9 Å². The lowest BCUT2D eigenvalue weighted by Gasteiger charge is -2.21. The fourth-order valence-corrected chi connectivity index (χ4v) is 5.36. The average molecular weight is 478 g/mol. The molecule has 0 atom stereocenters. The molecule has 0 bridgehead atoms. The summed E-state index contributed by atoms with van der Waals surface area (Å²) in [5.41, 5.74) is 6.47. The SMILES string of the molecule is CN1CCCN(CC2=CC=C(c3ccc(CN4CCCN(C)CC4)cc3CNC=O)CC=C2)CC1. The topological polar surface area (TPSA) is 42.1 Å². The van der Waals surface area contributed by atoms with Gasteiger partial charge in [-0.15, -0.1) is 0 Å². The quantitative estimate of drug-likeness (QED) is 0.583. The third-order valence-electron chi connectivity index (χ3n) is 7.50. The monoisotopic (exact) mass is 477 g/mol. The maximum atomic E-state index is 11.1. The molecule has 1 amide bonds. The number of allylic oxidation sites excluding steroid dienone is 4. The highest BCUT2D eigenvalue weighted by molar-refractivity contribution is 5.72. The molecule has 1 aromatic carbocycles. The van der Waals surface area contributed by atoms with Crippen LogP contribution in [-0.2, 0) is 17.9 Å². The predicted octanol–water partition coefficient (Wildman–Crippen LogP) is 2.98. The summed E-state index contributed by atoms with van der Waals surface area (Å²) in [5.74, 6) is 0. The Balaban J connectivity index is 1.48. The van der Waals surface area contributed by atoms with Crippen molar-refractivity contribution in [2.75, 3.05) is 73.0 Å². The molecule has 0 radical (unpaired) electrons. The van der Waals surface area contributed by atoms with E-state index in [9.17, 15) is 4.79 Å². The molecule has 1 N–H and O–H groups in total. The minimum Gasteiger partial charge on any atom is -0.355 e. The van der Waals surface area contributed by atoms with Crippen molar-refractivity contribution >= 4 is 12.0 Å². The lowest BCUT2D eigenvalue weighted by molar-refractivity contribution is -0.109. The summed E-state index contributed by atoms with van der Waals surface area (Å²) in [6.07, 6.45) is 13.4. The molecule has 0 aromatic heterocycles. The van der Waals surface area contributed by atoms with E-state index in [0.29, 0.717) is 6.54 Å². The molecule has 1 aromatic rings. The fraction of sp³-hybridized carbons (Fsp3) is 0.552. The first kappa shape index (κ1) is 25.8. The van der Waals surface area contributed by atoms with E-state index in [2.05, 4.69) is 81.5 Å². The zero-order chi connectivity index (χ0) is 24.5. The normalized spacial score (nSPS) is 21.5. The number of rotatable bonds is 8. The standard InChI is InChI=1S/C29H43N5O/c1-31-12-4-14-33(18-16-31)22-25-6-3-7-27(10-8-25)29-11-9-26(20-28(29)21-30-24-35)23-34-15-5-13-32(2)17-19-34/h3,6,8-11,20,24H,4-5,7,12-19,21-23H2,1-2H3,(H,30,35). The number of hydrogen-bond donors (Lipinski definition) is 1. The van der Waals surface area contributed by atoms with Gasteiger partial charge in [0, 0.05) is 45.8 Å². The molecular weight excluding hydrogens is 434 g/mol. The number of carbonyl (C=O) groups excluding carboxylic acids is 1. The molecule has 0 spiro atoms. The van der Waals surface area contributed by atoms with E-state index in [-0.39, 0.29) is 0 Å². The van der Waals surface area contributed by atoms with Crippen molar-refractivity contribution in [3.8, 4) is 0 Å². The first-order valence-corrected chi connectivity index (χ1v) is 13.3. The number of nitrogens with zero attached hydrogens (tertiary/aromatic N) is 4. The summed E-state index contributed by atoms with van der Waals surface area (Å²) >= 11 is 0. The molecule has 2 saturated heterocycles. The second-order valence-corrected chi connectivity index (χ2v) is 10.4. The van der Waals surface area contributed by atoms with Gasteiger partial charge in [-0.2, -0.15) is 0 Å². The van der Waals surface area contributed by atoms with Gasteiger partial charge in [-0.25, -0.2) is 0 Å². The van der Waals surface area contributed by atoms with Crippen molar-refractivity contribution in [2.45, 2.75) is 32.4 Å². The Hall–Kier alpha value is -2.25. The van der Waals surface area contributed by atoms with E-state index in [4.69, 9.17) is 0 Å². The number of hydrogen-bond acceptors (Lipinski definition) is 5. The third kappa shape index (κ3) is 7.87. The first-order chi connectivity index (χ1) is 17.1. The minimum absolute atomic E-state index is 0.564. The number of benzene rings is 1. The summed E-state index contributed by atoms with van der Waals surface area (Å²) in [4.78, 5) is 21.1. The third-order valence-corrected chi connectivity index (χ3v) is 7.50. The molecule has 3 aliphatic rings. The lowest BCUT2D eigenvalue weighted by Crippen LogP contribution is -2.30. The summed E-state index contributed by atoms with van der Waals surface area (Å²) < 4.78 is 0. The number of carbonyl (C=O) groups is 1. The van der Waals surface area contributed by atoms with Crippen LogP contribution >= 0.6 is 0 Å². The number of nitrogens with one attached hydrogen (secondary N) is 1. The van der Waals surface area contributed by atoms with E-state index in [1.165, 1.54) is 60.3 Å². The van der Waals surface area contributed by atoms with Crippen molar-refractivity contribution in [3.05, 3.63) is 64.8 Å². The first-order valence-electron chi connectivity index (χ1n) is 13.3. The molecule has 2 heterocycles. The van der Waals surface area contributed by atoms with Gasteiger partial charge in [0.15, 0.2) is 0 Å².